The summed E-state index contributed by atoms with van der Waals surface area (Å²) < 4.78 is 5.35. The molecule has 0 aliphatic carbocycles. The van der Waals surface area contributed by atoms with Crippen LogP contribution in [0.5, 0.6) is 0 Å². The average Bonchev–Trinajstić information content (AvgIpc) is 2.93. The normalized spacial score (nSPS) is 22.5. The van der Waals surface area contributed by atoms with E-state index in [1.807, 2.05) is 47.4 Å². The van der Waals surface area contributed by atoms with E-state index in [0.29, 0.717) is 38.1 Å². The number of Topliss-reactive ketones (excluding diaryl/α,β-unsaturated/α-hetero) is 1. The van der Waals surface area contributed by atoms with Gasteiger partial charge in [-0.3, -0.25) is 14.5 Å². The second kappa shape index (κ2) is 10.7. The van der Waals surface area contributed by atoms with E-state index in [1.165, 1.54) is 5.69 Å². The minimum absolute atomic E-state index is 0.0956. The molecule has 0 N–H and O–H groups in total. The van der Waals surface area contributed by atoms with Crippen LogP contribution in [0.4, 0.5) is 5.69 Å². The molecule has 6 heteroatoms. The molecular weight excluding hydrogens is 426 g/mol. The Hall–Kier alpha value is -2.70. The summed E-state index contributed by atoms with van der Waals surface area (Å²) in [6.45, 7) is 6.58. The number of morpholine rings is 1. The molecule has 0 radical (unpaired) electrons. The van der Waals surface area contributed by atoms with E-state index >= 15 is 0 Å². The third kappa shape index (κ3) is 5.18. The van der Waals surface area contributed by atoms with Crippen LogP contribution in [0.25, 0.3) is 0 Å². The second-order valence-corrected chi connectivity index (χ2v) is 9.73. The Morgan fingerprint density at radius 2 is 1.47 bits per heavy atom. The first-order valence-electron chi connectivity index (χ1n) is 12.7. The summed E-state index contributed by atoms with van der Waals surface area (Å²) in [4.78, 5) is 32.5. The number of anilines is 1. The summed E-state index contributed by atoms with van der Waals surface area (Å²) in [5.41, 5.74) is 2.79. The van der Waals surface area contributed by atoms with Gasteiger partial charge in [-0.25, -0.2) is 0 Å². The number of benzene rings is 2. The molecule has 0 aromatic heterocycles. The molecule has 1 amide bonds. The molecule has 3 fully saturated rings. The maximum atomic E-state index is 13.0. The van der Waals surface area contributed by atoms with Gasteiger partial charge >= 0.3 is 0 Å². The van der Waals surface area contributed by atoms with Crippen molar-refractivity contribution >= 4 is 17.4 Å². The molecule has 3 heterocycles. The van der Waals surface area contributed by atoms with Crippen LogP contribution >= 0.6 is 0 Å². The van der Waals surface area contributed by atoms with Crippen molar-refractivity contribution < 1.29 is 14.3 Å². The fourth-order valence-corrected chi connectivity index (χ4v) is 5.64. The summed E-state index contributed by atoms with van der Waals surface area (Å²) in [7, 11) is 0. The van der Waals surface area contributed by atoms with Crippen molar-refractivity contribution in [3.05, 3.63) is 65.7 Å². The van der Waals surface area contributed by atoms with E-state index in [9.17, 15) is 9.59 Å². The van der Waals surface area contributed by atoms with Crippen molar-refractivity contribution in [1.82, 2.24) is 9.80 Å². The van der Waals surface area contributed by atoms with Crippen molar-refractivity contribution in [1.29, 1.82) is 0 Å². The van der Waals surface area contributed by atoms with Gasteiger partial charge in [0.05, 0.1) is 13.2 Å². The number of carbonyl (C=O) groups is 2. The van der Waals surface area contributed by atoms with Crippen LogP contribution in [-0.4, -0.2) is 80.0 Å². The van der Waals surface area contributed by atoms with Gasteiger partial charge < -0.3 is 14.5 Å². The van der Waals surface area contributed by atoms with Gasteiger partial charge in [-0.05, 0) is 56.5 Å². The number of carbonyl (C=O) groups excluding carboxylic acids is 2. The van der Waals surface area contributed by atoms with Crippen molar-refractivity contribution in [2.75, 3.05) is 57.4 Å². The first-order chi connectivity index (χ1) is 16.7. The summed E-state index contributed by atoms with van der Waals surface area (Å²) >= 11 is 0. The third-order valence-electron chi connectivity index (χ3n) is 7.64. The Balaban J connectivity index is 1.14. The Labute approximate surface area is 202 Å². The van der Waals surface area contributed by atoms with Crippen LogP contribution in [0, 0.1) is 5.92 Å². The van der Waals surface area contributed by atoms with E-state index in [2.05, 4.69) is 21.9 Å². The summed E-state index contributed by atoms with van der Waals surface area (Å²) in [5.74, 6) is 0.512. The van der Waals surface area contributed by atoms with Crippen LogP contribution in [0.15, 0.2) is 54.6 Å². The highest BCUT2D eigenvalue weighted by Crippen LogP contribution is 2.28. The summed E-state index contributed by atoms with van der Waals surface area (Å²) in [6.07, 6.45) is 4.32. The van der Waals surface area contributed by atoms with E-state index in [0.717, 1.165) is 63.0 Å². The minimum atomic E-state index is 0.0956. The molecule has 6 nitrogen and oxygen atoms in total. The number of hydrogen-bond donors (Lipinski definition) is 0. The zero-order chi connectivity index (χ0) is 23.3. The van der Waals surface area contributed by atoms with Gasteiger partial charge in [0.15, 0.2) is 5.78 Å². The largest absolute Gasteiger partial charge is 0.378 e. The van der Waals surface area contributed by atoms with Crippen LogP contribution < -0.4 is 4.90 Å². The standard InChI is InChI=1S/C28H35N3O3/c32-27(22-5-2-1-3-6-22)24-7-4-14-31(21-24)26-12-15-29(16-13-26)25-10-8-23(9-11-25)28(33)30-17-19-34-20-18-30/h1-3,5-6,8-11,24,26H,4,7,12-21H2. The number of ketones is 1. The van der Waals surface area contributed by atoms with Gasteiger partial charge in [-0.1, -0.05) is 30.3 Å². The zero-order valence-corrected chi connectivity index (χ0v) is 19.9. The van der Waals surface area contributed by atoms with Gasteiger partial charge in [-0.15, -0.1) is 0 Å². The Kier molecular flexibility index (Phi) is 7.26. The highest BCUT2D eigenvalue weighted by Gasteiger charge is 2.32. The fourth-order valence-electron chi connectivity index (χ4n) is 5.64. The predicted molar refractivity (Wildman–Crippen MR) is 133 cm³/mol. The molecule has 34 heavy (non-hydrogen) atoms. The smallest absolute Gasteiger partial charge is 0.254 e. The van der Waals surface area contributed by atoms with E-state index in [1.54, 1.807) is 0 Å². The van der Waals surface area contributed by atoms with Crippen LogP contribution in [-0.2, 0) is 4.74 Å². The van der Waals surface area contributed by atoms with E-state index in [-0.39, 0.29) is 11.8 Å². The summed E-state index contributed by atoms with van der Waals surface area (Å²) in [6, 6.07) is 18.4. The molecule has 1 unspecified atom stereocenters. The predicted octanol–water partition coefficient (Wildman–Crippen LogP) is 3.72. The molecule has 5 rings (SSSR count). The first-order valence-corrected chi connectivity index (χ1v) is 12.7. The van der Waals surface area contributed by atoms with Gasteiger partial charge in [0, 0.05) is 61.5 Å². The molecule has 3 aliphatic heterocycles. The number of likely N-dealkylation sites (tertiary alicyclic amines) is 1. The number of ether oxygens (including phenoxy) is 1. The van der Waals surface area contributed by atoms with E-state index < -0.39 is 0 Å². The molecule has 0 saturated carbocycles. The highest BCUT2D eigenvalue weighted by molar-refractivity contribution is 5.98. The van der Waals surface area contributed by atoms with Crippen molar-refractivity contribution in [3.8, 4) is 0 Å². The Morgan fingerprint density at radius 3 is 2.18 bits per heavy atom. The van der Waals surface area contributed by atoms with Crippen LogP contribution in [0.1, 0.15) is 46.4 Å². The minimum Gasteiger partial charge on any atom is -0.378 e. The van der Waals surface area contributed by atoms with Gasteiger partial charge in [0.2, 0.25) is 0 Å². The van der Waals surface area contributed by atoms with Gasteiger partial charge in [0.1, 0.15) is 0 Å². The lowest BCUT2D eigenvalue weighted by atomic mass is 9.88. The second-order valence-electron chi connectivity index (χ2n) is 9.73. The van der Waals surface area contributed by atoms with Crippen LogP contribution in [0.3, 0.4) is 0 Å². The number of nitrogens with zero attached hydrogens (tertiary/aromatic N) is 3. The third-order valence-corrected chi connectivity index (χ3v) is 7.64. The molecule has 2 aromatic carbocycles. The lowest BCUT2D eigenvalue weighted by Gasteiger charge is -2.42. The lowest BCUT2D eigenvalue weighted by Crippen LogP contribution is -2.49. The number of piperidine rings is 2. The number of amides is 1. The molecule has 3 saturated heterocycles. The summed E-state index contributed by atoms with van der Waals surface area (Å²) in [5, 5.41) is 0. The monoisotopic (exact) mass is 461 g/mol. The first kappa shape index (κ1) is 23.1. The molecule has 0 bridgehead atoms. The Bertz CT molecular complexity index is 964. The van der Waals surface area contributed by atoms with Gasteiger partial charge in [0.25, 0.3) is 5.91 Å². The molecular formula is C28H35N3O3. The molecule has 1 atom stereocenters. The average molecular weight is 462 g/mol. The van der Waals surface area contributed by atoms with Crippen molar-refractivity contribution in [2.45, 2.75) is 31.7 Å². The maximum Gasteiger partial charge on any atom is 0.254 e. The van der Waals surface area contributed by atoms with Crippen LogP contribution in [0.2, 0.25) is 0 Å². The van der Waals surface area contributed by atoms with Crippen molar-refractivity contribution in [3.63, 3.8) is 0 Å². The molecule has 0 spiro atoms. The Morgan fingerprint density at radius 1 is 0.765 bits per heavy atom. The highest BCUT2D eigenvalue weighted by atomic mass is 16.5. The quantitative estimate of drug-likeness (QED) is 0.636. The molecule has 3 aliphatic rings. The van der Waals surface area contributed by atoms with Crippen molar-refractivity contribution in [2.24, 2.45) is 5.92 Å². The van der Waals surface area contributed by atoms with Gasteiger partial charge in [-0.2, -0.15) is 0 Å². The fraction of sp³-hybridized carbons (Fsp3) is 0.500. The number of hydrogen-bond acceptors (Lipinski definition) is 5. The van der Waals surface area contributed by atoms with E-state index in [4.69, 9.17) is 4.74 Å². The molecule has 180 valence electrons. The lowest BCUT2D eigenvalue weighted by molar-refractivity contribution is 0.0303. The maximum absolute atomic E-state index is 13.0. The SMILES string of the molecule is O=C(c1ccccc1)C1CCCN(C2CCN(c3ccc(C(=O)N4CCOCC4)cc3)CC2)C1. The zero-order valence-electron chi connectivity index (χ0n) is 19.9. The number of rotatable bonds is 5. The molecule has 2 aromatic rings. The topological polar surface area (TPSA) is 53.1 Å².